The summed E-state index contributed by atoms with van der Waals surface area (Å²) in [7, 11) is -2.09. The van der Waals surface area contributed by atoms with Gasteiger partial charge in [-0.3, -0.25) is 9.10 Å². The van der Waals surface area contributed by atoms with Gasteiger partial charge in [0.15, 0.2) is 4.80 Å². The molecule has 1 aliphatic rings. The Morgan fingerprint density at radius 3 is 2.66 bits per heavy atom. The fraction of sp³-hybridized carbons (Fsp3) is 0.200. The Kier molecular flexibility index (Phi) is 6.63. The molecule has 2 heterocycles. The highest BCUT2D eigenvalue weighted by Gasteiger charge is 2.30. The summed E-state index contributed by atoms with van der Waals surface area (Å²) in [6.45, 7) is 1.44. The van der Waals surface area contributed by atoms with Crippen molar-refractivity contribution in [2.45, 2.75) is 17.9 Å². The van der Waals surface area contributed by atoms with E-state index in [1.165, 1.54) is 39.9 Å². The molecule has 35 heavy (non-hydrogen) atoms. The Balaban J connectivity index is 1.45. The molecule has 0 fully saturated rings. The molecule has 3 aromatic carbocycles. The summed E-state index contributed by atoms with van der Waals surface area (Å²) in [6.07, 6.45) is 0.680. The first kappa shape index (κ1) is 23.9. The molecule has 0 radical (unpaired) electrons. The van der Waals surface area contributed by atoms with Gasteiger partial charge in [-0.2, -0.15) is 4.99 Å². The summed E-state index contributed by atoms with van der Waals surface area (Å²) in [4.78, 5) is 18.1. The standard InChI is InChI=1S/C25H22BrN3O4S2/c1-33-15-14-28-22-11-8-19(26)16-23(22)34-25(28)27-24(30)18-6-9-20(10-7-18)35(31,32)29-13-12-17-4-2-3-5-21(17)29/h2-11,16H,12-15H2,1H3. The molecule has 0 spiro atoms. The Morgan fingerprint density at radius 2 is 1.89 bits per heavy atom. The molecule has 0 aliphatic carbocycles. The van der Waals surface area contributed by atoms with Gasteiger partial charge in [-0.05, 0) is 60.5 Å². The first-order valence-electron chi connectivity index (χ1n) is 11.0. The Hall–Kier alpha value is -2.79. The van der Waals surface area contributed by atoms with Gasteiger partial charge < -0.3 is 9.30 Å². The number of halogens is 1. The van der Waals surface area contributed by atoms with Crippen molar-refractivity contribution >= 4 is 59.1 Å². The number of carbonyl (C=O) groups excluding carboxylic acids is 1. The molecule has 0 unspecified atom stereocenters. The minimum Gasteiger partial charge on any atom is -0.383 e. The summed E-state index contributed by atoms with van der Waals surface area (Å²) in [5, 5.41) is 0. The van der Waals surface area contributed by atoms with Crippen molar-refractivity contribution in [3.05, 3.63) is 87.1 Å². The zero-order chi connectivity index (χ0) is 24.6. The second kappa shape index (κ2) is 9.69. The first-order valence-corrected chi connectivity index (χ1v) is 14.0. The van der Waals surface area contributed by atoms with E-state index < -0.39 is 15.9 Å². The van der Waals surface area contributed by atoms with Gasteiger partial charge in [0.1, 0.15) is 0 Å². The number of amides is 1. The highest BCUT2D eigenvalue weighted by molar-refractivity contribution is 9.10. The van der Waals surface area contributed by atoms with Gasteiger partial charge in [0, 0.05) is 30.2 Å². The van der Waals surface area contributed by atoms with Crippen LogP contribution in [0.1, 0.15) is 15.9 Å². The number of ether oxygens (including phenoxy) is 1. The Labute approximate surface area is 215 Å². The molecule has 0 saturated heterocycles. The van der Waals surface area contributed by atoms with Gasteiger partial charge in [-0.1, -0.05) is 45.5 Å². The number of hydrogen-bond donors (Lipinski definition) is 0. The summed E-state index contributed by atoms with van der Waals surface area (Å²) in [6, 6.07) is 19.4. The summed E-state index contributed by atoms with van der Waals surface area (Å²) in [5.74, 6) is -0.433. The van der Waals surface area contributed by atoms with Crippen molar-refractivity contribution in [3.8, 4) is 0 Å². The predicted octanol–water partition coefficient (Wildman–Crippen LogP) is 4.60. The van der Waals surface area contributed by atoms with Gasteiger partial charge in [0.05, 0.1) is 27.4 Å². The van der Waals surface area contributed by atoms with E-state index in [1.807, 2.05) is 47.0 Å². The van der Waals surface area contributed by atoms with Gasteiger partial charge in [0.2, 0.25) is 0 Å². The van der Waals surface area contributed by atoms with Crippen molar-refractivity contribution < 1.29 is 17.9 Å². The molecular weight excluding hydrogens is 550 g/mol. The maximum absolute atomic E-state index is 13.2. The van der Waals surface area contributed by atoms with Crippen LogP contribution in [0.4, 0.5) is 5.69 Å². The van der Waals surface area contributed by atoms with Crippen LogP contribution in [0.15, 0.2) is 81.1 Å². The second-order valence-corrected chi connectivity index (χ2v) is 11.8. The number of anilines is 1. The SMILES string of the molecule is COCCn1c(=NC(=O)c2ccc(S(=O)(=O)N3CCc4ccccc43)cc2)sc2cc(Br)ccc21. The van der Waals surface area contributed by atoms with Crippen molar-refractivity contribution in [3.63, 3.8) is 0 Å². The third kappa shape index (κ3) is 4.58. The minimum atomic E-state index is -3.72. The van der Waals surface area contributed by atoms with Crippen LogP contribution < -0.4 is 9.11 Å². The number of carbonyl (C=O) groups is 1. The van der Waals surface area contributed by atoms with Crippen LogP contribution in [0.2, 0.25) is 0 Å². The number of fused-ring (bicyclic) bond motifs is 2. The third-order valence-electron chi connectivity index (χ3n) is 5.89. The second-order valence-electron chi connectivity index (χ2n) is 8.04. The molecule has 4 aromatic rings. The van der Waals surface area contributed by atoms with Crippen molar-refractivity contribution in [2.24, 2.45) is 4.99 Å². The Morgan fingerprint density at radius 1 is 1.11 bits per heavy atom. The van der Waals surface area contributed by atoms with E-state index >= 15 is 0 Å². The number of para-hydroxylation sites is 1. The zero-order valence-corrected chi connectivity index (χ0v) is 22.1. The topological polar surface area (TPSA) is 81.0 Å². The molecule has 10 heteroatoms. The normalized spacial score (nSPS) is 14.0. The van der Waals surface area contributed by atoms with E-state index in [-0.39, 0.29) is 4.90 Å². The summed E-state index contributed by atoms with van der Waals surface area (Å²) in [5.41, 5.74) is 3.01. The van der Waals surface area contributed by atoms with E-state index in [0.29, 0.717) is 42.2 Å². The van der Waals surface area contributed by atoms with Crippen molar-refractivity contribution in [1.82, 2.24) is 4.57 Å². The number of aromatic nitrogens is 1. The molecule has 0 saturated carbocycles. The quantitative estimate of drug-likeness (QED) is 0.338. The van der Waals surface area contributed by atoms with Crippen LogP contribution >= 0.6 is 27.3 Å². The average Bonchev–Trinajstić information content (AvgIpc) is 3.44. The fourth-order valence-electron chi connectivity index (χ4n) is 4.14. The van der Waals surface area contributed by atoms with Gasteiger partial charge in [0.25, 0.3) is 15.9 Å². The predicted molar refractivity (Wildman–Crippen MR) is 140 cm³/mol. The highest BCUT2D eigenvalue weighted by Crippen LogP contribution is 2.32. The summed E-state index contributed by atoms with van der Waals surface area (Å²) >= 11 is 4.90. The number of hydrogen-bond acceptors (Lipinski definition) is 5. The monoisotopic (exact) mass is 571 g/mol. The van der Waals surface area contributed by atoms with Crippen LogP contribution in [-0.2, 0) is 27.7 Å². The van der Waals surface area contributed by atoms with Crippen LogP contribution in [0.3, 0.4) is 0 Å². The van der Waals surface area contributed by atoms with Crippen LogP contribution in [0.25, 0.3) is 10.2 Å². The molecule has 5 rings (SSSR count). The smallest absolute Gasteiger partial charge is 0.279 e. The zero-order valence-electron chi connectivity index (χ0n) is 18.8. The molecule has 1 aliphatic heterocycles. The lowest BCUT2D eigenvalue weighted by Gasteiger charge is -2.19. The Bertz CT molecular complexity index is 1590. The lowest BCUT2D eigenvalue weighted by atomic mass is 10.2. The lowest BCUT2D eigenvalue weighted by Crippen LogP contribution is -2.29. The van der Waals surface area contributed by atoms with Gasteiger partial charge in [-0.25, -0.2) is 8.42 Å². The number of thiazole rings is 1. The van der Waals surface area contributed by atoms with Gasteiger partial charge >= 0.3 is 0 Å². The maximum atomic E-state index is 13.2. The van der Waals surface area contributed by atoms with Crippen molar-refractivity contribution in [1.29, 1.82) is 0 Å². The van der Waals surface area contributed by atoms with E-state index in [9.17, 15) is 13.2 Å². The van der Waals surface area contributed by atoms with E-state index in [4.69, 9.17) is 4.74 Å². The molecular formula is C25H22BrN3O4S2. The largest absolute Gasteiger partial charge is 0.383 e. The fourth-order valence-corrected chi connectivity index (χ4v) is 7.25. The van der Waals surface area contributed by atoms with Crippen molar-refractivity contribution in [2.75, 3.05) is 24.6 Å². The molecule has 0 atom stereocenters. The molecule has 1 aromatic heterocycles. The molecule has 180 valence electrons. The number of sulfonamides is 1. The molecule has 0 bridgehead atoms. The summed E-state index contributed by atoms with van der Waals surface area (Å²) < 4.78 is 37.0. The maximum Gasteiger partial charge on any atom is 0.279 e. The molecule has 1 amide bonds. The number of methoxy groups -OCH3 is 1. The number of benzene rings is 3. The van der Waals surface area contributed by atoms with E-state index in [2.05, 4.69) is 20.9 Å². The number of rotatable bonds is 6. The first-order chi connectivity index (χ1) is 16.9. The third-order valence-corrected chi connectivity index (χ3v) is 9.26. The highest BCUT2D eigenvalue weighted by atomic mass is 79.9. The number of nitrogens with zero attached hydrogens (tertiary/aromatic N) is 3. The molecule has 0 N–H and O–H groups in total. The minimum absolute atomic E-state index is 0.146. The van der Waals surface area contributed by atoms with E-state index in [0.717, 1.165) is 20.3 Å². The molecule has 7 nitrogen and oxygen atoms in total. The van der Waals surface area contributed by atoms with E-state index in [1.54, 1.807) is 7.11 Å². The van der Waals surface area contributed by atoms with Gasteiger partial charge in [-0.15, -0.1) is 0 Å². The average molecular weight is 573 g/mol. The van der Waals surface area contributed by atoms with Crippen LogP contribution in [-0.4, -0.2) is 39.2 Å². The lowest BCUT2D eigenvalue weighted by molar-refractivity contribution is 0.0997. The van der Waals surface area contributed by atoms with Crippen LogP contribution in [0, 0.1) is 0 Å². The van der Waals surface area contributed by atoms with Crippen LogP contribution in [0.5, 0.6) is 0 Å².